The van der Waals surface area contributed by atoms with Gasteiger partial charge in [-0.2, -0.15) is 0 Å². The van der Waals surface area contributed by atoms with Gasteiger partial charge >= 0.3 is 0 Å². The summed E-state index contributed by atoms with van der Waals surface area (Å²) in [6, 6.07) is 2.99. The van der Waals surface area contributed by atoms with Crippen LogP contribution in [0.25, 0.3) is 0 Å². The molecular formula is C11H16N2O4. The van der Waals surface area contributed by atoms with E-state index in [1.807, 2.05) is 6.92 Å². The van der Waals surface area contributed by atoms with E-state index in [1.165, 1.54) is 13.2 Å². The van der Waals surface area contributed by atoms with Gasteiger partial charge in [-0.1, -0.05) is 0 Å². The monoisotopic (exact) mass is 240 g/mol. The van der Waals surface area contributed by atoms with Crippen LogP contribution in [0.5, 0.6) is 11.5 Å². The van der Waals surface area contributed by atoms with Gasteiger partial charge in [0.2, 0.25) is 0 Å². The second-order valence-corrected chi connectivity index (χ2v) is 3.36. The molecule has 0 aliphatic heterocycles. The van der Waals surface area contributed by atoms with Gasteiger partial charge in [-0.25, -0.2) is 0 Å². The standard InChI is InChI=1S/C11H16N2O4/c1-3-17-11-6-8(4-5-12)9(13(14)15)7-10(11)16-2/h6-7H,3-5,12H2,1-2H3. The molecule has 94 valence electrons. The fourth-order valence-electron chi connectivity index (χ4n) is 1.54. The van der Waals surface area contributed by atoms with E-state index in [2.05, 4.69) is 0 Å². The highest BCUT2D eigenvalue weighted by atomic mass is 16.6. The van der Waals surface area contributed by atoms with E-state index >= 15 is 0 Å². The molecule has 2 N–H and O–H groups in total. The molecule has 0 aliphatic carbocycles. The first kappa shape index (κ1) is 13.2. The highest BCUT2D eigenvalue weighted by molar-refractivity contribution is 5.54. The van der Waals surface area contributed by atoms with Gasteiger partial charge in [-0.15, -0.1) is 0 Å². The van der Waals surface area contributed by atoms with Crippen molar-refractivity contribution in [3.05, 3.63) is 27.8 Å². The van der Waals surface area contributed by atoms with Crippen LogP contribution >= 0.6 is 0 Å². The molecule has 0 fully saturated rings. The number of hydrogen-bond acceptors (Lipinski definition) is 5. The van der Waals surface area contributed by atoms with E-state index in [-0.39, 0.29) is 5.69 Å². The minimum Gasteiger partial charge on any atom is -0.493 e. The van der Waals surface area contributed by atoms with Crippen molar-refractivity contribution < 1.29 is 14.4 Å². The largest absolute Gasteiger partial charge is 0.493 e. The lowest BCUT2D eigenvalue weighted by Crippen LogP contribution is -2.06. The first-order valence-corrected chi connectivity index (χ1v) is 5.32. The number of rotatable bonds is 6. The van der Waals surface area contributed by atoms with Crippen LogP contribution in [-0.2, 0) is 6.42 Å². The van der Waals surface area contributed by atoms with E-state index in [9.17, 15) is 10.1 Å². The molecule has 0 radical (unpaired) electrons. The Labute approximate surface area is 99.5 Å². The van der Waals surface area contributed by atoms with Crippen molar-refractivity contribution in [2.75, 3.05) is 20.3 Å². The number of nitro groups is 1. The second kappa shape index (κ2) is 6.05. The van der Waals surface area contributed by atoms with Crippen LogP contribution in [0.4, 0.5) is 5.69 Å². The molecule has 0 saturated heterocycles. The summed E-state index contributed by atoms with van der Waals surface area (Å²) in [5.74, 6) is 0.864. The second-order valence-electron chi connectivity index (χ2n) is 3.36. The summed E-state index contributed by atoms with van der Waals surface area (Å²) in [4.78, 5) is 10.5. The number of methoxy groups -OCH3 is 1. The van der Waals surface area contributed by atoms with Crippen LogP contribution in [0.15, 0.2) is 12.1 Å². The molecule has 0 atom stereocenters. The molecule has 0 aliphatic rings. The Bertz CT molecular complexity index is 407. The van der Waals surface area contributed by atoms with Crippen LogP contribution in [-0.4, -0.2) is 25.2 Å². The van der Waals surface area contributed by atoms with Crippen molar-refractivity contribution in [3.8, 4) is 11.5 Å². The highest BCUT2D eigenvalue weighted by Gasteiger charge is 2.18. The first-order chi connectivity index (χ1) is 8.13. The van der Waals surface area contributed by atoms with Crippen molar-refractivity contribution in [3.63, 3.8) is 0 Å². The summed E-state index contributed by atoms with van der Waals surface area (Å²) in [6.45, 7) is 2.65. The molecular weight excluding hydrogens is 224 g/mol. The van der Waals surface area contributed by atoms with Gasteiger partial charge in [-0.05, 0) is 26.0 Å². The molecule has 1 rings (SSSR count). The summed E-state index contributed by atoms with van der Waals surface area (Å²) in [5, 5.41) is 10.9. The molecule has 0 heterocycles. The van der Waals surface area contributed by atoms with Crippen LogP contribution in [0.1, 0.15) is 12.5 Å². The molecule has 0 saturated carbocycles. The van der Waals surface area contributed by atoms with Gasteiger partial charge < -0.3 is 15.2 Å². The molecule has 0 bridgehead atoms. The maximum absolute atomic E-state index is 10.9. The highest BCUT2D eigenvalue weighted by Crippen LogP contribution is 2.34. The maximum atomic E-state index is 10.9. The number of nitrogens with two attached hydrogens (primary N) is 1. The summed E-state index contributed by atoms with van der Waals surface area (Å²) in [5.41, 5.74) is 6.00. The smallest absolute Gasteiger partial charge is 0.276 e. The molecule has 6 heteroatoms. The van der Waals surface area contributed by atoms with Gasteiger partial charge in [0.15, 0.2) is 11.5 Å². The zero-order chi connectivity index (χ0) is 12.8. The summed E-state index contributed by atoms with van der Waals surface area (Å²) in [6.07, 6.45) is 0.431. The molecule has 0 spiro atoms. The van der Waals surface area contributed by atoms with Crippen molar-refractivity contribution >= 4 is 5.69 Å². The SMILES string of the molecule is CCOc1cc(CCN)c([N+](=O)[O-])cc1OC. The van der Waals surface area contributed by atoms with Crippen LogP contribution in [0.2, 0.25) is 0 Å². The van der Waals surface area contributed by atoms with E-state index in [0.717, 1.165) is 0 Å². The zero-order valence-corrected chi connectivity index (χ0v) is 9.93. The van der Waals surface area contributed by atoms with Crippen LogP contribution in [0, 0.1) is 10.1 Å². The van der Waals surface area contributed by atoms with E-state index < -0.39 is 4.92 Å². The molecule has 0 aromatic heterocycles. The quantitative estimate of drug-likeness (QED) is 0.601. The van der Waals surface area contributed by atoms with Gasteiger partial charge in [-0.3, -0.25) is 10.1 Å². The average molecular weight is 240 g/mol. The summed E-state index contributed by atoms with van der Waals surface area (Å²) in [7, 11) is 1.45. The first-order valence-electron chi connectivity index (χ1n) is 5.32. The Balaban J connectivity index is 3.25. The predicted octanol–water partition coefficient (Wildman–Crippen LogP) is 1.50. The Morgan fingerprint density at radius 1 is 1.41 bits per heavy atom. The lowest BCUT2D eigenvalue weighted by molar-refractivity contribution is -0.385. The van der Waals surface area contributed by atoms with Gasteiger partial charge in [0.05, 0.1) is 24.7 Å². The third-order valence-electron chi connectivity index (χ3n) is 2.28. The van der Waals surface area contributed by atoms with Crippen molar-refractivity contribution in [2.45, 2.75) is 13.3 Å². The third kappa shape index (κ3) is 3.07. The van der Waals surface area contributed by atoms with Gasteiger partial charge in [0, 0.05) is 5.56 Å². The van der Waals surface area contributed by atoms with Crippen molar-refractivity contribution in [1.82, 2.24) is 0 Å². The maximum Gasteiger partial charge on any atom is 0.276 e. The minimum atomic E-state index is -0.441. The lowest BCUT2D eigenvalue weighted by Gasteiger charge is -2.11. The number of nitro benzene ring substituents is 1. The molecule has 1 aromatic rings. The number of nitrogens with zero attached hydrogens (tertiary/aromatic N) is 1. The summed E-state index contributed by atoms with van der Waals surface area (Å²) >= 11 is 0. The Hall–Kier alpha value is -1.82. The van der Waals surface area contributed by atoms with Crippen molar-refractivity contribution in [2.24, 2.45) is 5.73 Å². The Kier molecular flexibility index (Phi) is 4.71. The Morgan fingerprint density at radius 2 is 2.12 bits per heavy atom. The van der Waals surface area contributed by atoms with E-state index in [4.69, 9.17) is 15.2 Å². The van der Waals surface area contributed by atoms with Crippen LogP contribution < -0.4 is 15.2 Å². The fraction of sp³-hybridized carbons (Fsp3) is 0.455. The Morgan fingerprint density at radius 3 is 2.59 bits per heavy atom. The molecule has 0 unspecified atom stereocenters. The number of hydrogen-bond donors (Lipinski definition) is 1. The molecule has 1 aromatic carbocycles. The zero-order valence-electron chi connectivity index (χ0n) is 9.93. The van der Waals surface area contributed by atoms with E-state index in [1.54, 1.807) is 6.07 Å². The topological polar surface area (TPSA) is 87.6 Å². The number of benzene rings is 1. The van der Waals surface area contributed by atoms with E-state index in [0.29, 0.717) is 36.6 Å². The third-order valence-corrected chi connectivity index (χ3v) is 2.28. The average Bonchev–Trinajstić information content (AvgIpc) is 2.30. The van der Waals surface area contributed by atoms with Gasteiger partial charge in [0.25, 0.3) is 5.69 Å². The number of ether oxygens (including phenoxy) is 2. The molecule has 0 amide bonds. The molecule has 6 nitrogen and oxygen atoms in total. The summed E-state index contributed by atoms with van der Waals surface area (Å²) < 4.78 is 10.4. The normalized spacial score (nSPS) is 10.1. The predicted molar refractivity (Wildman–Crippen MR) is 63.6 cm³/mol. The lowest BCUT2D eigenvalue weighted by atomic mass is 10.1. The molecule has 17 heavy (non-hydrogen) atoms. The van der Waals surface area contributed by atoms with Crippen LogP contribution in [0.3, 0.4) is 0 Å². The van der Waals surface area contributed by atoms with Gasteiger partial charge in [0.1, 0.15) is 0 Å². The minimum absolute atomic E-state index is 0.00996. The van der Waals surface area contributed by atoms with Crippen molar-refractivity contribution in [1.29, 1.82) is 0 Å². The fourth-order valence-corrected chi connectivity index (χ4v) is 1.54.